The second-order valence-electron chi connectivity index (χ2n) is 6.12. The van der Waals surface area contributed by atoms with Gasteiger partial charge < -0.3 is 10.1 Å². The molecule has 6 nitrogen and oxygen atoms in total. The maximum absolute atomic E-state index is 12.1. The molecule has 0 aliphatic carbocycles. The smallest absolute Gasteiger partial charge is 0.279 e. The lowest BCUT2D eigenvalue weighted by molar-refractivity contribution is 0.108. The fourth-order valence-corrected chi connectivity index (χ4v) is 3.70. The Morgan fingerprint density at radius 1 is 1.29 bits per heavy atom. The molecule has 126 valence electrons. The van der Waals surface area contributed by atoms with E-state index in [4.69, 9.17) is 4.74 Å². The number of nitrogens with zero attached hydrogens (tertiary/aromatic N) is 1. The lowest BCUT2D eigenvalue weighted by Crippen LogP contribution is -2.46. The second-order valence-corrected chi connectivity index (χ2v) is 7.88. The normalized spacial score (nSPS) is 18.5. The minimum Gasteiger partial charge on any atom is -0.381 e. The van der Waals surface area contributed by atoms with Crippen LogP contribution in [0, 0.1) is 11.8 Å². The van der Waals surface area contributed by atoms with E-state index < -0.39 is 10.2 Å². The van der Waals surface area contributed by atoms with Crippen molar-refractivity contribution in [2.24, 2.45) is 11.8 Å². The first-order chi connectivity index (χ1) is 9.95. The molecule has 1 fully saturated rings. The first kappa shape index (κ1) is 18.8. The highest BCUT2D eigenvalue weighted by atomic mass is 32.2. The van der Waals surface area contributed by atoms with E-state index in [1.807, 2.05) is 7.05 Å². The molecule has 1 rings (SSSR count). The Morgan fingerprint density at radius 2 is 1.95 bits per heavy atom. The van der Waals surface area contributed by atoms with E-state index in [0.717, 1.165) is 26.0 Å². The maximum Gasteiger partial charge on any atom is 0.279 e. The van der Waals surface area contributed by atoms with Gasteiger partial charge in [-0.1, -0.05) is 13.8 Å². The summed E-state index contributed by atoms with van der Waals surface area (Å²) in [6.45, 7) is 8.17. The van der Waals surface area contributed by atoms with Crippen LogP contribution in [0.15, 0.2) is 0 Å². The average molecular weight is 321 g/mol. The summed E-state index contributed by atoms with van der Waals surface area (Å²) < 4.78 is 34.0. The van der Waals surface area contributed by atoms with Gasteiger partial charge in [-0.05, 0) is 44.7 Å². The summed E-state index contributed by atoms with van der Waals surface area (Å²) in [6.07, 6.45) is 2.57. The van der Waals surface area contributed by atoms with Crippen molar-refractivity contribution in [2.45, 2.75) is 33.1 Å². The van der Waals surface area contributed by atoms with E-state index >= 15 is 0 Å². The van der Waals surface area contributed by atoms with Crippen molar-refractivity contribution >= 4 is 10.2 Å². The standard InChI is InChI=1S/C14H31N3O3S/c1-13(2)12-20-10-4-7-16-21(18,19)17-8-5-14(6-9-17)11-15-3/h13-16H,4-12H2,1-3H3. The third-order valence-corrected chi connectivity index (χ3v) is 5.22. The van der Waals surface area contributed by atoms with Crippen molar-refractivity contribution < 1.29 is 13.2 Å². The molecule has 0 unspecified atom stereocenters. The zero-order valence-corrected chi connectivity index (χ0v) is 14.4. The van der Waals surface area contributed by atoms with E-state index in [1.54, 1.807) is 4.31 Å². The van der Waals surface area contributed by atoms with Gasteiger partial charge in [-0.15, -0.1) is 0 Å². The van der Waals surface area contributed by atoms with Crippen molar-refractivity contribution in [2.75, 3.05) is 46.4 Å². The topological polar surface area (TPSA) is 70.7 Å². The average Bonchev–Trinajstić information content (AvgIpc) is 2.43. The maximum atomic E-state index is 12.1. The van der Waals surface area contributed by atoms with Gasteiger partial charge in [0.2, 0.25) is 0 Å². The molecular weight excluding hydrogens is 290 g/mol. The zero-order chi connectivity index (χ0) is 15.7. The van der Waals surface area contributed by atoms with Crippen molar-refractivity contribution in [3.63, 3.8) is 0 Å². The van der Waals surface area contributed by atoms with Crippen LogP contribution in [0.2, 0.25) is 0 Å². The van der Waals surface area contributed by atoms with Gasteiger partial charge in [-0.3, -0.25) is 0 Å². The summed E-state index contributed by atoms with van der Waals surface area (Å²) >= 11 is 0. The molecule has 0 aromatic heterocycles. The van der Waals surface area contributed by atoms with Crippen molar-refractivity contribution in [3.8, 4) is 0 Å². The lowest BCUT2D eigenvalue weighted by Gasteiger charge is -2.31. The Bertz CT molecular complexity index is 366. The molecule has 7 heteroatoms. The van der Waals surface area contributed by atoms with Crippen LogP contribution in [0.3, 0.4) is 0 Å². The van der Waals surface area contributed by atoms with Crippen LogP contribution in [0.25, 0.3) is 0 Å². The first-order valence-electron chi connectivity index (χ1n) is 7.92. The SMILES string of the molecule is CNCC1CCN(S(=O)(=O)NCCCOCC(C)C)CC1. The minimum absolute atomic E-state index is 0.441. The van der Waals surface area contributed by atoms with Gasteiger partial charge in [-0.25, -0.2) is 4.72 Å². The summed E-state index contributed by atoms with van der Waals surface area (Å²) in [5, 5.41) is 3.16. The lowest BCUT2D eigenvalue weighted by atomic mass is 9.98. The van der Waals surface area contributed by atoms with Crippen LogP contribution < -0.4 is 10.0 Å². The molecule has 1 aliphatic rings. The van der Waals surface area contributed by atoms with Gasteiger partial charge in [0.25, 0.3) is 10.2 Å². The van der Waals surface area contributed by atoms with E-state index in [-0.39, 0.29) is 0 Å². The Hall–Kier alpha value is -0.210. The molecule has 21 heavy (non-hydrogen) atoms. The number of rotatable bonds is 10. The Morgan fingerprint density at radius 3 is 2.52 bits per heavy atom. The third-order valence-electron chi connectivity index (χ3n) is 3.61. The minimum atomic E-state index is -3.32. The number of hydrogen-bond acceptors (Lipinski definition) is 4. The molecular formula is C14H31N3O3S. The van der Waals surface area contributed by atoms with Crippen LogP contribution in [0.4, 0.5) is 0 Å². The van der Waals surface area contributed by atoms with Gasteiger partial charge in [0.15, 0.2) is 0 Å². The van der Waals surface area contributed by atoms with Crippen molar-refractivity contribution in [3.05, 3.63) is 0 Å². The largest absolute Gasteiger partial charge is 0.381 e. The third kappa shape index (κ3) is 7.56. The van der Waals surface area contributed by atoms with E-state index in [0.29, 0.717) is 44.5 Å². The highest BCUT2D eigenvalue weighted by Crippen LogP contribution is 2.18. The highest BCUT2D eigenvalue weighted by Gasteiger charge is 2.27. The van der Waals surface area contributed by atoms with Crippen LogP contribution in [0.5, 0.6) is 0 Å². The molecule has 2 N–H and O–H groups in total. The monoisotopic (exact) mass is 321 g/mol. The number of piperidine rings is 1. The number of nitrogens with one attached hydrogen (secondary N) is 2. The van der Waals surface area contributed by atoms with Crippen LogP contribution in [-0.2, 0) is 14.9 Å². The Kier molecular flexibility index (Phi) is 8.73. The van der Waals surface area contributed by atoms with Crippen LogP contribution in [0.1, 0.15) is 33.1 Å². The van der Waals surface area contributed by atoms with Gasteiger partial charge in [0.05, 0.1) is 0 Å². The quantitative estimate of drug-likeness (QED) is 0.584. The summed E-state index contributed by atoms with van der Waals surface area (Å²) in [5.41, 5.74) is 0. The fourth-order valence-electron chi connectivity index (χ4n) is 2.43. The molecule has 0 aromatic carbocycles. The second kappa shape index (κ2) is 9.74. The number of hydrogen-bond donors (Lipinski definition) is 2. The van der Waals surface area contributed by atoms with Crippen LogP contribution >= 0.6 is 0 Å². The molecule has 0 atom stereocenters. The number of ether oxygens (including phenoxy) is 1. The predicted molar refractivity (Wildman–Crippen MR) is 85.4 cm³/mol. The van der Waals surface area contributed by atoms with Gasteiger partial charge >= 0.3 is 0 Å². The molecule has 1 aliphatic heterocycles. The zero-order valence-electron chi connectivity index (χ0n) is 13.6. The summed E-state index contributed by atoms with van der Waals surface area (Å²) in [6, 6.07) is 0. The summed E-state index contributed by atoms with van der Waals surface area (Å²) in [4.78, 5) is 0. The molecule has 1 saturated heterocycles. The molecule has 0 radical (unpaired) electrons. The Labute approximate surface area is 129 Å². The van der Waals surface area contributed by atoms with Gasteiger partial charge in [0, 0.05) is 32.8 Å². The predicted octanol–water partition coefficient (Wildman–Crippen LogP) is 0.815. The molecule has 0 amide bonds. The first-order valence-corrected chi connectivity index (χ1v) is 9.36. The van der Waals surface area contributed by atoms with Crippen LogP contribution in [-0.4, -0.2) is 59.2 Å². The highest BCUT2D eigenvalue weighted by molar-refractivity contribution is 7.87. The van der Waals surface area contributed by atoms with E-state index in [2.05, 4.69) is 23.9 Å². The van der Waals surface area contributed by atoms with Crippen molar-refractivity contribution in [1.82, 2.24) is 14.3 Å². The van der Waals surface area contributed by atoms with E-state index in [1.165, 1.54) is 0 Å². The fraction of sp³-hybridized carbons (Fsp3) is 1.00. The van der Waals surface area contributed by atoms with Gasteiger partial charge in [0.1, 0.15) is 0 Å². The molecule has 0 saturated carbocycles. The Balaban J connectivity index is 2.19. The van der Waals surface area contributed by atoms with Crippen molar-refractivity contribution in [1.29, 1.82) is 0 Å². The van der Waals surface area contributed by atoms with Gasteiger partial charge in [-0.2, -0.15) is 12.7 Å². The molecule has 0 spiro atoms. The molecule has 1 heterocycles. The summed E-state index contributed by atoms with van der Waals surface area (Å²) in [5.74, 6) is 1.10. The summed E-state index contributed by atoms with van der Waals surface area (Å²) in [7, 11) is -1.38. The molecule has 0 bridgehead atoms. The molecule has 0 aromatic rings. The van der Waals surface area contributed by atoms with E-state index in [9.17, 15) is 8.42 Å².